The van der Waals surface area contributed by atoms with Crippen LogP contribution in [0, 0.1) is 0 Å². The van der Waals surface area contributed by atoms with E-state index in [1.165, 1.54) is 16.6 Å². The summed E-state index contributed by atoms with van der Waals surface area (Å²) in [6.45, 7) is 9.13. The van der Waals surface area contributed by atoms with Gasteiger partial charge >= 0.3 is 0 Å². The summed E-state index contributed by atoms with van der Waals surface area (Å²) in [5.41, 5.74) is 3.60. The number of hydrogen-bond donors (Lipinski definition) is 1. The molecule has 0 radical (unpaired) electrons. The number of allylic oxidation sites excluding steroid dienone is 1. The monoisotopic (exact) mass is 354 g/mol. The smallest absolute Gasteiger partial charge is 0.0470 e. The highest BCUT2D eigenvalue weighted by Crippen LogP contribution is 2.34. The molecule has 2 rings (SSSR count). The molecule has 0 fully saturated rings. The number of aromatic amines is 1. The van der Waals surface area contributed by atoms with Gasteiger partial charge in [-0.15, -0.1) is 6.58 Å². The molecule has 0 atom stereocenters. The first-order chi connectivity index (χ1) is 9.35. The first kappa shape index (κ1) is 15.6. The molecule has 4 heteroatoms. The first-order valence-electron chi connectivity index (χ1n) is 6.66. The minimum Gasteiger partial charge on any atom is -0.357 e. The third-order valence-electron chi connectivity index (χ3n) is 3.69. The molecule has 0 aliphatic carbocycles. The summed E-state index contributed by atoms with van der Waals surface area (Å²) in [7, 11) is 1.88. The van der Waals surface area contributed by atoms with Crippen molar-refractivity contribution in [2.24, 2.45) is 0 Å². The van der Waals surface area contributed by atoms with E-state index in [1.54, 1.807) is 4.42 Å². The first-order valence-corrected chi connectivity index (χ1v) is 7.79. The lowest BCUT2D eigenvalue weighted by atomic mass is 9.86. The van der Waals surface area contributed by atoms with Crippen molar-refractivity contribution in [3.8, 4) is 0 Å². The van der Waals surface area contributed by atoms with Crippen LogP contribution in [-0.4, -0.2) is 23.0 Å². The Labute approximate surface area is 134 Å². The summed E-state index contributed by atoms with van der Waals surface area (Å²) >= 11 is 9.49. The van der Waals surface area contributed by atoms with E-state index in [0.717, 1.165) is 23.0 Å². The van der Waals surface area contributed by atoms with Gasteiger partial charge in [0.2, 0.25) is 0 Å². The van der Waals surface area contributed by atoms with Crippen molar-refractivity contribution in [2.45, 2.75) is 25.7 Å². The van der Waals surface area contributed by atoms with Crippen molar-refractivity contribution >= 4 is 38.6 Å². The van der Waals surface area contributed by atoms with Crippen LogP contribution >= 0.6 is 27.7 Å². The van der Waals surface area contributed by atoms with E-state index in [4.69, 9.17) is 11.8 Å². The van der Waals surface area contributed by atoms with Gasteiger partial charge in [-0.05, 0) is 35.9 Å². The van der Waals surface area contributed by atoms with E-state index in [2.05, 4.69) is 59.5 Å². The predicted octanol–water partition coefficient (Wildman–Crippen LogP) is 5.02. The van der Waals surface area contributed by atoms with Crippen LogP contribution in [-0.2, 0) is 11.8 Å². The third-order valence-corrected chi connectivity index (χ3v) is 4.36. The molecule has 0 amide bonds. The molecule has 0 aliphatic heterocycles. The predicted molar refractivity (Wildman–Crippen MR) is 91.4 cm³/mol. The molecule has 0 bridgehead atoms. The summed E-state index contributed by atoms with van der Waals surface area (Å²) < 4.78 is 2.78. The molecule has 0 aliphatic rings. The van der Waals surface area contributed by atoms with Gasteiger partial charge in [0.1, 0.15) is 0 Å². The maximum absolute atomic E-state index is 5.97. The van der Waals surface area contributed by atoms with Crippen LogP contribution in [0.3, 0.4) is 0 Å². The quantitative estimate of drug-likeness (QED) is 0.589. The lowest BCUT2D eigenvalue weighted by molar-refractivity contribution is 0.545. The minimum atomic E-state index is -0.0916. The second-order valence-electron chi connectivity index (χ2n) is 5.67. The summed E-state index contributed by atoms with van der Waals surface area (Å²) in [4.78, 5) is 3.56. The normalized spacial score (nSPS) is 12.3. The van der Waals surface area contributed by atoms with Gasteiger partial charge in [0, 0.05) is 40.1 Å². The average molecular weight is 356 g/mol. The lowest BCUT2D eigenvalue weighted by Crippen LogP contribution is -2.18. The number of nitrogens with zero attached hydrogens (tertiary/aromatic N) is 1. The SMILES string of the molecule is C=CC(C)(C)c1[nH]c2cc(Br)ccc2c1CCN(C)Cl. The Morgan fingerprint density at radius 3 is 2.75 bits per heavy atom. The van der Waals surface area contributed by atoms with Crippen molar-refractivity contribution in [1.82, 2.24) is 9.40 Å². The van der Waals surface area contributed by atoms with Gasteiger partial charge in [0.25, 0.3) is 0 Å². The average Bonchev–Trinajstić information content (AvgIpc) is 2.74. The summed E-state index contributed by atoms with van der Waals surface area (Å²) in [5.74, 6) is 0. The van der Waals surface area contributed by atoms with E-state index in [-0.39, 0.29) is 5.41 Å². The molecule has 1 aromatic heterocycles. The highest BCUT2D eigenvalue weighted by molar-refractivity contribution is 9.10. The molecule has 1 heterocycles. The molecule has 108 valence electrons. The van der Waals surface area contributed by atoms with Crippen LogP contribution < -0.4 is 0 Å². The minimum absolute atomic E-state index is 0.0916. The van der Waals surface area contributed by atoms with Crippen molar-refractivity contribution in [1.29, 1.82) is 0 Å². The molecular formula is C16H20BrClN2. The van der Waals surface area contributed by atoms with E-state index in [1.807, 2.05) is 13.1 Å². The summed E-state index contributed by atoms with van der Waals surface area (Å²) in [6.07, 6.45) is 2.90. The van der Waals surface area contributed by atoms with E-state index < -0.39 is 0 Å². The second kappa shape index (κ2) is 5.92. The maximum Gasteiger partial charge on any atom is 0.0470 e. The van der Waals surface area contributed by atoms with Gasteiger partial charge < -0.3 is 4.98 Å². The largest absolute Gasteiger partial charge is 0.357 e. The highest BCUT2D eigenvalue weighted by Gasteiger charge is 2.24. The Hall–Kier alpha value is -0.770. The van der Waals surface area contributed by atoms with Crippen LogP contribution in [0.25, 0.3) is 10.9 Å². The highest BCUT2D eigenvalue weighted by atomic mass is 79.9. The second-order valence-corrected chi connectivity index (χ2v) is 7.17. The van der Waals surface area contributed by atoms with Gasteiger partial charge in [-0.25, -0.2) is 4.42 Å². The van der Waals surface area contributed by atoms with Gasteiger partial charge in [0.05, 0.1) is 0 Å². The third kappa shape index (κ3) is 3.11. The number of halogens is 2. The van der Waals surface area contributed by atoms with Gasteiger partial charge in [0.15, 0.2) is 0 Å². The topological polar surface area (TPSA) is 19.0 Å². The zero-order valence-corrected chi connectivity index (χ0v) is 14.5. The van der Waals surface area contributed by atoms with Crippen LogP contribution in [0.4, 0.5) is 0 Å². The number of likely N-dealkylation sites (N-methyl/N-ethyl adjacent to an activating group) is 1. The van der Waals surface area contributed by atoms with Crippen molar-refractivity contribution in [3.05, 3.63) is 46.6 Å². The number of rotatable bonds is 5. The van der Waals surface area contributed by atoms with Crippen LogP contribution in [0.2, 0.25) is 0 Å². The van der Waals surface area contributed by atoms with Crippen molar-refractivity contribution < 1.29 is 0 Å². The van der Waals surface area contributed by atoms with Gasteiger partial charge in [-0.3, -0.25) is 0 Å². The molecule has 20 heavy (non-hydrogen) atoms. The number of aromatic nitrogens is 1. The molecule has 1 aromatic carbocycles. The number of nitrogens with one attached hydrogen (secondary N) is 1. The maximum atomic E-state index is 5.97. The number of benzene rings is 1. The molecule has 2 aromatic rings. The molecule has 0 unspecified atom stereocenters. The Kier molecular flexibility index (Phi) is 4.62. The molecule has 2 nitrogen and oxygen atoms in total. The van der Waals surface area contributed by atoms with E-state index in [0.29, 0.717) is 0 Å². The number of fused-ring (bicyclic) bond motifs is 1. The van der Waals surface area contributed by atoms with Gasteiger partial charge in [-0.1, -0.05) is 41.9 Å². The Balaban J connectivity index is 2.59. The summed E-state index contributed by atoms with van der Waals surface area (Å²) in [6, 6.07) is 6.35. The fourth-order valence-electron chi connectivity index (χ4n) is 2.41. The Morgan fingerprint density at radius 1 is 1.45 bits per heavy atom. The van der Waals surface area contributed by atoms with Crippen LogP contribution in [0.5, 0.6) is 0 Å². The zero-order chi connectivity index (χ0) is 14.9. The van der Waals surface area contributed by atoms with Crippen molar-refractivity contribution in [2.75, 3.05) is 13.6 Å². The summed E-state index contributed by atoms with van der Waals surface area (Å²) in [5, 5.41) is 1.26. The molecule has 0 spiro atoms. The van der Waals surface area contributed by atoms with Crippen LogP contribution in [0.1, 0.15) is 25.1 Å². The lowest BCUT2D eigenvalue weighted by Gasteiger charge is -2.21. The number of hydrogen-bond acceptors (Lipinski definition) is 1. The molecule has 0 saturated carbocycles. The van der Waals surface area contributed by atoms with Crippen molar-refractivity contribution in [3.63, 3.8) is 0 Å². The number of H-pyrrole nitrogens is 1. The molecule has 0 saturated heterocycles. The molecule has 1 N–H and O–H groups in total. The Bertz CT molecular complexity index is 629. The fourth-order valence-corrected chi connectivity index (χ4v) is 2.85. The van der Waals surface area contributed by atoms with Gasteiger partial charge in [-0.2, -0.15) is 0 Å². The van der Waals surface area contributed by atoms with E-state index >= 15 is 0 Å². The Morgan fingerprint density at radius 2 is 2.15 bits per heavy atom. The van der Waals surface area contributed by atoms with E-state index in [9.17, 15) is 0 Å². The zero-order valence-electron chi connectivity index (χ0n) is 12.1. The standard InChI is InChI=1S/C16H20BrClN2/c1-5-16(2,3)15-13(8-9-20(4)18)12-7-6-11(17)10-14(12)19-15/h5-7,10,19H,1,8-9H2,2-4H3. The fraction of sp³-hybridized carbons (Fsp3) is 0.375. The van der Waals surface area contributed by atoms with Crippen LogP contribution in [0.15, 0.2) is 35.3 Å². The molecular weight excluding hydrogens is 336 g/mol.